The first kappa shape index (κ1) is 18.2. The molecule has 0 bridgehead atoms. The Labute approximate surface area is 82.8 Å². The molecular formula is C8H19NO3S. The molecule has 0 aliphatic rings. The summed E-state index contributed by atoms with van der Waals surface area (Å²) in [5.74, 6) is 0.167. The molecule has 0 rings (SSSR count). The van der Waals surface area contributed by atoms with E-state index in [4.69, 9.17) is 0 Å². The molecule has 0 saturated carbocycles. The number of hydrogen-bond acceptors (Lipinski definition) is 3. The van der Waals surface area contributed by atoms with E-state index in [1.807, 2.05) is 0 Å². The Bertz CT molecular complexity index is 137. The lowest BCUT2D eigenvalue weighted by Crippen LogP contribution is -2.06. The Kier molecular flexibility index (Phi) is 19.3. The standard InChI is InChI=1S/C3H7NO.C3H6O.C2H6OS/c1-4(2)3-5;1-3(2)4;1-4(2)3/h3H,1-2H3;2*1-2H3. The fourth-order valence-electron chi connectivity index (χ4n) is 0. The van der Waals surface area contributed by atoms with Gasteiger partial charge in [-0.3, -0.25) is 9.00 Å². The van der Waals surface area contributed by atoms with Crippen molar-refractivity contribution in [3.8, 4) is 0 Å². The van der Waals surface area contributed by atoms with Gasteiger partial charge in [-0.1, -0.05) is 0 Å². The first-order valence-corrected chi connectivity index (χ1v) is 5.54. The van der Waals surface area contributed by atoms with E-state index < -0.39 is 10.8 Å². The quantitative estimate of drug-likeness (QED) is 0.583. The molecule has 0 heterocycles. The fraction of sp³-hybridized carbons (Fsp3) is 0.750. The zero-order chi connectivity index (χ0) is 11.4. The lowest BCUT2D eigenvalue weighted by molar-refractivity contribution is -0.116. The average molecular weight is 209 g/mol. The normalized spacial score (nSPS) is 7.31. The molecule has 0 aliphatic heterocycles. The van der Waals surface area contributed by atoms with Crippen LogP contribution in [0.4, 0.5) is 0 Å². The zero-order valence-electron chi connectivity index (χ0n) is 9.16. The largest absolute Gasteiger partial charge is 0.351 e. The van der Waals surface area contributed by atoms with E-state index in [1.54, 1.807) is 26.6 Å². The predicted molar refractivity (Wildman–Crippen MR) is 56.1 cm³/mol. The first-order chi connectivity index (χ1) is 5.73. The summed E-state index contributed by atoms with van der Waals surface area (Å²) in [5.41, 5.74) is 0. The van der Waals surface area contributed by atoms with Crippen LogP contribution >= 0.6 is 0 Å². The van der Waals surface area contributed by atoms with Gasteiger partial charge in [0.1, 0.15) is 5.78 Å². The molecule has 0 radical (unpaired) electrons. The molecule has 13 heavy (non-hydrogen) atoms. The molecule has 0 aromatic heterocycles. The Morgan fingerprint density at radius 1 is 1.23 bits per heavy atom. The molecule has 5 heteroatoms. The lowest BCUT2D eigenvalue weighted by atomic mass is 10.6. The summed E-state index contributed by atoms with van der Waals surface area (Å²) in [6.07, 6.45) is 4.03. The van der Waals surface area contributed by atoms with Gasteiger partial charge in [0, 0.05) is 37.4 Å². The van der Waals surface area contributed by atoms with Crippen LogP contribution in [-0.2, 0) is 20.4 Å². The van der Waals surface area contributed by atoms with E-state index in [2.05, 4.69) is 0 Å². The van der Waals surface area contributed by atoms with Crippen molar-refractivity contribution in [1.29, 1.82) is 0 Å². The van der Waals surface area contributed by atoms with Crippen LogP contribution in [0.2, 0.25) is 0 Å². The highest BCUT2D eigenvalue weighted by atomic mass is 32.2. The minimum absolute atomic E-state index is 0.167. The van der Waals surface area contributed by atoms with Crippen LogP contribution in [0.15, 0.2) is 0 Å². The molecule has 4 nitrogen and oxygen atoms in total. The zero-order valence-corrected chi connectivity index (χ0v) is 9.97. The summed E-state index contributed by atoms with van der Waals surface area (Å²) in [5, 5.41) is 0. The van der Waals surface area contributed by atoms with Crippen molar-refractivity contribution in [3.05, 3.63) is 0 Å². The second-order valence-electron chi connectivity index (χ2n) is 2.72. The van der Waals surface area contributed by atoms with Gasteiger partial charge in [-0.15, -0.1) is 0 Å². The fourth-order valence-corrected chi connectivity index (χ4v) is 0. The highest BCUT2D eigenvalue weighted by Crippen LogP contribution is 1.52. The monoisotopic (exact) mass is 209 g/mol. The smallest absolute Gasteiger partial charge is 0.209 e. The summed E-state index contributed by atoms with van der Waals surface area (Å²) in [4.78, 5) is 20.3. The van der Waals surface area contributed by atoms with Gasteiger partial charge in [0.2, 0.25) is 6.41 Å². The lowest BCUT2D eigenvalue weighted by Gasteiger charge is -1.93. The van der Waals surface area contributed by atoms with Crippen molar-refractivity contribution in [3.63, 3.8) is 0 Å². The average Bonchev–Trinajstić information content (AvgIpc) is 1.84. The maximum atomic E-state index is 9.56. The number of carbonyl (C=O) groups is 2. The minimum atomic E-state index is -0.611. The molecule has 0 aromatic rings. The molecule has 0 unspecified atom stereocenters. The summed E-state index contributed by atoms with van der Waals surface area (Å²) in [6.45, 7) is 3.06. The number of nitrogens with zero attached hydrogens (tertiary/aromatic N) is 1. The van der Waals surface area contributed by atoms with Crippen LogP contribution in [0.1, 0.15) is 13.8 Å². The van der Waals surface area contributed by atoms with Crippen LogP contribution in [-0.4, -0.2) is 47.9 Å². The van der Waals surface area contributed by atoms with Gasteiger partial charge in [-0.2, -0.15) is 0 Å². The van der Waals surface area contributed by atoms with Gasteiger partial charge in [0.05, 0.1) is 0 Å². The van der Waals surface area contributed by atoms with E-state index in [9.17, 15) is 13.8 Å². The Balaban J connectivity index is -0.000000117. The van der Waals surface area contributed by atoms with Gasteiger partial charge in [0.25, 0.3) is 0 Å². The number of carbonyl (C=O) groups excluding carboxylic acids is 2. The number of hydrogen-bond donors (Lipinski definition) is 0. The van der Waals surface area contributed by atoms with Crippen molar-refractivity contribution in [1.82, 2.24) is 4.90 Å². The minimum Gasteiger partial charge on any atom is -0.351 e. The van der Waals surface area contributed by atoms with Crippen LogP contribution in [0, 0.1) is 0 Å². The molecule has 0 saturated heterocycles. The predicted octanol–water partition coefficient (Wildman–Crippen LogP) is 0.294. The number of amides is 1. The number of rotatable bonds is 1. The first-order valence-electron chi connectivity index (χ1n) is 3.58. The summed E-state index contributed by atoms with van der Waals surface area (Å²) in [7, 11) is 2.76. The molecule has 0 aliphatic carbocycles. The van der Waals surface area contributed by atoms with Gasteiger partial charge < -0.3 is 9.69 Å². The third-order valence-electron chi connectivity index (χ3n) is 0.211. The Morgan fingerprint density at radius 3 is 1.31 bits per heavy atom. The summed E-state index contributed by atoms with van der Waals surface area (Å²) in [6, 6.07) is 0. The number of ketones is 1. The summed E-state index contributed by atoms with van der Waals surface area (Å²) < 4.78 is 9.56. The summed E-state index contributed by atoms with van der Waals surface area (Å²) >= 11 is 0. The van der Waals surface area contributed by atoms with Crippen molar-refractivity contribution >= 4 is 23.0 Å². The van der Waals surface area contributed by atoms with Crippen molar-refractivity contribution in [2.45, 2.75) is 13.8 Å². The molecule has 0 aromatic carbocycles. The van der Waals surface area contributed by atoms with Gasteiger partial charge >= 0.3 is 0 Å². The maximum absolute atomic E-state index is 9.56. The molecular weight excluding hydrogens is 190 g/mol. The van der Waals surface area contributed by atoms with E-state index in [0.29, 0.717) is 0 Å². The van der Waals surface area contributed by atoms with Gasteiger partial charge in [-0.05, 0) is 13.8 Å². The molecule has 0 spiro atoms. The third kappa shape index (κ3) is 586. The third-order valence-corrected chi connectivity index (χ3v) is 0.211. The molecule has 80 valence electrons. The topological polar surface area (TPSA) is 54.5 Å². The number of Topliss-reactive ketones (excluding diaryl/α,β-unsaturated/α-hetero) is 1. The molecule has 1 amide bonds. The molecule has 0 N–H and O–H groups in total. The van der Waals surface area contributed by atoms with Crippen LogP contribution in [0.25, 0.3) is 0 Å². The second-order valence-corrected chi connectivity index (χ2v) is 4.20. The Hall–Kier alpha value is -0.710. The van der Waals surface area contributed by atoms with E-state index in [1.165, 1.54) is 18.7 Å². The van der Waals surface area contributed by atoms with Gasteiger partial charge in [0.15, 0.2) is 0 Å². The second kappa shape index (κ2) is 13.9. The van der Waals surface area contributed by atoms with E-state index >= 15 is 0 Å². The highest BCUT2D eigenvalue weighted by Gasteiger charge is 1.68. The highest BCUT2D eigenvalue weighted by molar-refractivity contribution is 7.83. The van der Waals surface area contributed by atoms with Crippen LogP contribution in [0.3, 0.4) is 0 Å². The van der Waals surface area contributed by atoms with Crippen LogP contribution in [0.5, 0.6) is 0 Å². The molecule has 0 fully saturated rings. The molecule has 0 atom stereocenters. The van der Waals surface area contributed by atoms with Gasteiger partial charge in [-0.25, -0.2) is 0 Å². The van der Waals surface area contributed by atoms with Crippen molar-refractivity contribution in [2.24, 2.45) is 0 Å². The Morgan fingerprint density at radius 2 is 1.31 bits per heavy atom. The van der Waals surface area contributed by atoms with Crippen molar-refractivity contribution in [2.75, 3.05) is 26.6 Å². The van der Waals surface area contributed by atoms with E-state index in [-0.39, 0.29) is 5.78 Å². The van der Waals surface area contributed by atoms with E-state index in [0.717, 1.165) is 6.41 Å². The van der Waals surface area contributed by atoms with Crippen molar-refractivity contribution < 1.29 is 13.8 Å². The SMILES string of the molecule is CC(C)=O.CN(C)C=O.CS(C)=O. The van der Waals surface area contributed by atoms with Crippen LogP contribution < -0.4 is 0 Å². The maximum Gasteiger partial charge on any atom is 0.209 e.